The van der Waals surface area contributed by atoms with E-state index in [2.05, 4.69) is 10.3 Å². The first-order valence-electron chi connectivity index (χ1n) is 23.7. The molecule has 0 radical (unpaired) electrons. The zero-order valence-electron chi connectivity index (χ0n) is 41.9. The topological polar surface area (TPSA) is 263 Å². The zero-order chi connectivity index (χ0) is 50.6. The van der Waals surface area contributed by atoms with Crippen LogP contribution in [0.15, 0.2) is 30.5 Å². The van der Waals surface area contributed by atoms with Crippen LogP contribution in [0.5, 0.6) is 0 Å². The Morgan fingerprint density at radius 2 is 1.57 bits per heavy atom. The molecule has 0 aliphatic carbocycles. The van der Waals surface area contributed by atoms with Crippen molar-refractivity contribution in [1.29, 1.82) is 0 Å². The summed E-state index contributed by atoms with van der Waals surface area (Å²) < 4.78 is 46.0. The Morgan fingerprint density at radius 3 is 2.18 bits per heavy atom. The molecule has 6 N–H and O–H groups in total. The molecule has 20 heteroatoms. The fourth-order valence-corrected chi connectivity index (χ4v) is 10.4. The number of rotatable bonds is 13. The highest BCUT2D eigenvalue weighted by Crippen LogP contribution is 2.42. The van der Waals surface area contributed by atoms with Crippen molar-refractivity contribution in [3.63, 3.8) is 0 Å². The van der Waals surface area contributed by atoms with Gasteiger partial charge in [-0.25, -0.2) is 10.2 Å². The number of methoxy groups -OCH3 is 2. The SMILES string of the molecule is CC[C@@H]1OC(=O)[C@@H](C)[C@H](O[C@H]2C[C@@](C)(OC)[C@@H](O)[C@H](C)O2)[C@H](C)[C@H](O[C@@H]2O[C@H](C)C[C@H](N(C)Cc3ccc(-c4cn(CC(=O)NO)nn4)cc3)[C@H]2O)[C@@](C)(OC)C[C@H](C)C(=O)[C@@H](C)[C@@H](O)[C@@]1(C)O. The predicted octanol–water partition coefficient (Wildman–Crippen LogP) is 2.77. The molecule has 4 heterocycles. The molecular formula is C48H77N5O15. The maximum Gasteiger partial charge on any atom is 0.311 e. The summed E-state index contributed by atoms with van der Waals surface area (Å²) in [4.78, 5) is 42.3. The minimum absolute atomic E-state index is 0.0518. The number of hydrogen-bond donors (Lipinski definition) is 6. The average Bonchev–Trinajstić information content (AvgIpc) is 3.78. The molecule has 68 heavy (non-hydrogen) atoms. The van der Waals surface area contributed by atoms with E-state index in [0.29, 0.717) is 18.7 Å². The summed E-state index contributed by atoms with van der Waals surface area (Å²) in [5, 5.41) is 63.6. The number of carbonyl (C=O) groups excluding carboxylic acids is 3. The minimum Gasteiger partial charge on any atom is -0.459 e. The summed E-state index contributed by atoms with van der Waals surface area (Å²) in [5.74, 6) is -5.44. The standard InChI is InChI=1S/C48H77N5O15/c1-14-35-48(10,60)41(57)27(4)38(55)25(2)20-47(9,63-13)43(28(5)40(29(6)44(59)66-35)67-37-21-46(8,62-12)42(58)30(7)65-37)68-45-39(56)34(19-26(3)64-45)52(11)22-31-15-17-32(18-16-31)33-23-53(51-49-33)24-36(54)50-61/h15-18,23,25-30,34-35,37,39-43,45,56-58,60-61H,14,19-22,24H2,1-13H3,(H,50,54)/t25-,26+,27+,28-,29-,30-,34-,35-,37-,39+,40+,41+,42-,43-,45-,46+,47-,48-/m0/s1. The van der Waals surface area contributed by atoms with Crippen LogP contribution in [0.3, 0.4) is 0 Å². The molecule has 3 saturated heterocycles. The first-order valence-corrected chi connectivity index (χ1v) is 23.7. The molecule has 0 spiro atoms. The van der Waals surface area contributed by atoms with Crippen LogP contribution in [0.25, 0.3) is 11.3 Å². The number of Topliss-reactive ketones (excluding diaryl/α,β-unsaturated/α-hetero) is 1. The number of aromatic nitrogens is 3. The van der Waals surface area contributed by atoms with Crippen LogP contribution in [0.2, 0.25) is 0 Å². The number of amides is 1. The van der Waals surface area contributed by atoms with E-state index in [0.717, 1.165) is 11.1 Å². The number of likely N-dealkylation sites (N-methyl/N-ethyl adjacent to an activating group) is 1. The van der Waals surface area contributed by atoms with Crippen molar-refractivity contribution in [2.75, 3.05) is 21.3 Å². The summed E-state index contributed by atoms with van der Waals surface area (Å²) in [5.41, 5.74) is -0.628. The second kappa shape index (κ2) is 22.7. The monoisotopic (exact) mass is 964 g/mol. The lowest BCUT2D eigenvalue weighted by molar-refractivity contribution is -0.319. The molecule has 384 valence electrons. The van der Waals surface area contributed by atoms with Crippen molar-refractivity contribution in [1.82, 2.24) is 25.4 Å². The number of carbonyl (C=O) groups is 3. The number of aliphatic hydroxyl groups is 4. The third-order valence-electron chi connectivity index (χ3n) is 14.8. The molecule has 3 aliphatic rings. The van der Waals surface area contributed by atoms with Crippen LogP contribution in [-0.4, -0.2) is 169 Å². The molecule has 3 aliphatic heterocycles. The molecule has 3 fully saturated rings. The largest absolute Gasteiger partial charge is 0.459 e. The van der Waals surface area contributed by atoms with E-state index in [4.69, 9.17) is 38.4 Å². The van der Waals surface area contributed by atoms with Gasteiger partial charge in [-0.2, -0.15) is 0 Å². The lowest BCUT2D eigenvalue weighted by Gasteiger charge is -2.50. The number of nitrogens with one attached hydrogen (secondary N) is 1. The average molecular weight is 964 g/mol. The van der Waals surface area contributed by atoms with Crippen molar-refractivity contribution in [2.45, 2.75) is 192 Å². The fraction of sp³-hybridized carbons (Fsp3) is 0.771. The summed E-state index contributed by atoms with van der Waals surface area (Å²) in [6.45, 7) is 17.1. The van der Waals surface area contributed by atoms with Gasteiger partial charge in [0.15, 0.2) is 12.6 Å². The maximum absolute atomic E-state index is 14.4. The highest BCUT2D eigenvalue weighted by atomic mass is 16.7. The van der Waals surface area contributed by atoms with Crippen LogP contribution in [-0.2, 0) is 60.6 Å². The van der Waals surface area contributed by atoms with Gasteiger partial charge in [0.2, 0.25) is 0 Å². The zero-order valence-corrected chi connectivity index (χ0v) is 41.9. The third-order valence-corrected chi connectivity index (χ3v) is 14.8. The highest BCUT2D eigenvalue weighted by Gasteiger charge is 2.54. The normalized spacial score (nSPS) is 40.1. The van der Waals surface area contributed by atoms with Gasteiger partial charge in [0, 0.05) is 56.5 Å². The molecular weight excluding hydrogens is 887 g/mol. The first-order chi connectivity index (χ1) is 31.8. The lowest BCUT2D eigenvalue weighted by atomic mass is 9.74. The molecule has 1 aromatic carbocycles. The Balaban J connectivity index is 1.50. The quantitative estimate of drug-likeness (QED) is 0.0958. The Morgan fingerprint density at radius 1 is 0.926 bits per heavy atom. The molecule has 0 unspecified atom stereocenters. The van der Waals surface area contributed by atoms with Crippen LogP contribution >= 0.6 is 0 Å². The van der Waals surface area contributed by atoms with E-state index >= 15 is 0 Å². The molecule has 2 aromatic rings. The van der Waals surface area contributed by atoms with Gasteiger partial charge in [-0.15, -0.1) is 5.10 Å². The van der Waals surface area contributed by atoms with Gasteiger partial charge in [-0.1, -0.05) is 57.2 Å². The number of aliphatic hydroxyl groups excluding tert-OH is 3. The van der Waals surface area contributed by atoms with Crippen molar-refractivity contribution in [3.05, 3.63) is 36.0 Å². The number of benzene rings is 1. The van der Waals surface area contributed by atoms with E-state index in [1.54, 1.807) is 53.2 Å². The van der Waals surface area contributed by atoms with E-state index in [9.17, 15) is 34.8 Å². The summed E-state index contributed by atoms with van der Waals surface area (Å²) in [7, 11) is 4.88. The number of esters is 1. The van der Waals surface area contributed by atoms with Crippen LogP contribution < -0.4 is 5.48 Å². The highest BCUT2D eigenvalue weighted by molar-refractivity contribution is 5.83. The molecule has 18 atom stereocenters. The van der Waals surface area contributed by atoms with Gasteiger partial charge in [-0.05, 0) is 73.4 Å². The second-order valence-electron chi connectivity index (χ2n) is 20.1. The lowest BCUT2D eigenvalue weighted by Crippen LogP contribution is -2.61. The number of hydrogen-bond acceptors (Lipinski definition) is 18. The van der Waals surface area contributed by atoms with Gasteiger partial charge in [0.25, 0.3) is 5.91 Å². The Hall–Kier alpha value is -3.51. The molecule has 5 rings (SSSR count). The minimum atomic E-state index is -2.01. The van der Waals surface area contributed by atoms with Gasteiger partial charge in [0.1, 0.15) is 41.9 Å². The van der Waals surface area contributed by atoms with Crippen LogP contribution in [0.4, 0.5) is 0 Å². The van der Waals surface area contributed by atoms with Crippen LogP contribution in [0.1, 0.15) is 100 Å². The summed E-state index contributed by atoms with van der Waals surface area (Å²) in [6, 6.07) is 7.15. The van der Waals surface area contributed by atoms with Crippen molar-refractivity contribution in [2.24, 2.45) is 23.7 Å². The Bertz CT molecular complexity index is 1990. The molecule has 1 amide bonds. The Kier molecular flexibility index (Phi) is 18.5. The van der Waals surface area contributed by atoms with Gasteiger partial charge >= 0.3 is 5.97 Å². The predicted molar refractivity (Wildman–Crippen MR) is 244 cm³/mol. The Labute approximate surface area is 399 Å². The molecule has 0 bridgehead atoms. The maximum atomic E-state index is 14.4. The van der Waals surface area contributed by atoms with E-state index in [1.165, 1.54) is 32.7 Å². The number of ether oxygens (including phenoxy) is 7. The van der Waals surface area contributed by atoms with Gasteiger partial charge in [0.05, 0.1) is 53.8 Å². The number of cyclic esters (lactones) is 1. The molecule has 0 saturated carbocycles. The summed E-state index contributed by atoms with van der Waals surface area (Å²) in [6.07, 6.45) is -8.21. The van der Waals surface area contributed by atoms with Gasteiger partial charge < -0.3 is 53.6 Å². The van der Waals surface area contributed by atoms with Crippen LogP contribution in [0, 0.1) is 23.7 Å². The van der Waals surface area contributed by atoms with Crippen molar-refractivity contribution >= 4 is 17.7 Å². The van der Waals surface area contributed by atoms with E-state index in [-0.39, 0.29) is 31.6 Å². The van der Waals surface area contributed by atoms with Crippen molar-refractivity contribution in [3.8, 4) is 11.3 Å². The summed E-state index contributed by atoms with van der Waals surface area (Å²) >= 11 is 0. The number of hydroxylamine groups is 1. The van der Waals surface area contributed by atoms with Gasteiger partial charge in [-0.3, -0.25) is 24.5 Å². The second-order valence-corrected chi connectivity index (χ2v) is 20.1. The molecule has 20 nitrogen and oxygen atoms in total. The third kappa shape index (κ3) is 12.1. The number of nitrogens with zero attached hydrogens (tertiary/aromatic N) is 4. The van der Waals surface area contributed by atoms with E-state index < -0.39 is 120 Å². The fourth-order valence-electron chi connectivity index (χ4n) is 10.4. The first kappa shape index (κ1) is 55.4. The van der Waals surface area contributed by atoms with Crippen molar-refractivity contribution < 1.29 is 73.2 Å². The number of ketones is 1. The smallest absolute Gasteiger partial charge is 0.311 e. The van der Waals surface area contributed by atoms with E-state index in [1.807, 2.05) is 50.1 Å². The molecule has 1 aromatic heterocycles.